The first-order valence-corrected chi connectivity index (χ1v) is 6.98. The zero-order valence-corrected chi connectivity index (χ0v) is 11.4. The fourth-order valence-corrected chi connectivity index (χ4v) is 3.00. The van der Waals surface area contributed by atoms with Crippen LogP contribution in [0.1, 0.15) is 19.0 Å². The van der Waals surface area contributed by atoms with Crippen LogP contribution in [0.4, 0.5) is 0 Å². The molecule has 3 rings (SSSR count). The van der Waals surface area contributed by atoms with Crippen LogP contribution in [0.15, 0.2) is 24.5 Å². The smallest absolute Gasteiger partial charge is 0.155 e. The number of rotatable bonds is 3. The van der Waals surface area contributed by atoms with Crippen molar-refractivity contribution in [3.8, 4) is 0 Å². The quantitative estimate of drug-likeness (QED) is 0.849. The number of halogens is 1. The lowest BCUT2D eigenvalue weighted by molar-refractivity contribution is 0.341. The standard InChI is InChI=1S/C14H18ClN3/c1-2-17-7-5-11(9-17)8-12-10-18-6-3-4-13(15)14(18)16-12/h3-4,6,10-11H,2,5,7-9H2,1H3. The maximum atomic E-state index is 6.14. The number of hydrogen-bond donors (Lipinski definition) is 0. The lowest BCUT2D eigenvalue weighted by atomic mass is 10.0. The molecule has 0 bridgehead atoms. The minimum Gasteiger partial charge on any atom is -0.306 e. The van der Waals surface area contributed by atoms with Gasteiger partial charge >= 0.3 is 0 Å². The van der Waals surface area contributed by atoms with Crippen LogP contribution < -0.4 is 0 Å². The topological polar surface area (TPSA) is 20.5 Å². The summed E-state index contributed by atoms with van der Waals surface area (Å²) in [6, 6.07) is 3.84. The summed E-state index contributed by atoms with van der Waals surface area (Å²) in [7, 11) is 0. The maximum absolute atomic E-state index is 6.14. The molecule has 2 aromatic rings. The average molecular weight is 264 g/mol. The zero-order chi connectivity index (χ0) is 12.5. The Hall–Kier alpha value is -1.06. The first kappa shape index (κ1) is 12.0. The molecule has 2 aromatic heterocycles. The van der Waals surface area contributed by atoms with Gasteiger partial charge in [-0.05, 0) is 44.0 Å². The molecule has 0 saturated carbocycles. The second-order valence-electron chi connectivity index (χ2n) is 5.07. The Bertz CT molecular complexity index is 549. The minimum atomic E-state index is 0.727. The van der Waals surface area contributed by atoms with Gasteiger partial charge in [-0.15, -0.1) is 0 Å². The molecular weight excluding hydrogens is 246 g/mol. The molecule has 96 valence electrons. The lowest BCUT2D eigenvalue weighted by Crippen LogP contribution is -2.20. The first-order valence-electron chi connectivity index (χ1n) is 6.60. The van der Waals surface area contributed by atoms with Crippen LogP contribution >= 0.6 is 11.6 Å². The Morgan fingerprint density at radius 3 is 3.11 bits per heavy atom. The van der Waals surface area contributed by atoms with E-state index in [1.54, 1.807) is 0 Å². The summed E-state index contributed by atoms with van der Waals surface area (Å²) >= 11 is 6.14. The second kappa shape index (κ2) is 4.90. The molecule has 1 aliphatic rings. The SMILES string of the molecule is CCN1CCC(Cc2cn3cccc(Cl)c3n2)C1. The van der Waals surface area contributed by atoms with Crippen LogP contribution in [-0.4, -0.2) is 33.9 Å². The summed E-state index contributed by atoms with van der Waals surface area (Å²) < 4.78 is 2.02. The number of imidazole rings is 1. The highest BCUT2D eigenvalue weighted by Gasteiger charge is 2.22. The summed E-state index contributed by atoms with van der Waals surface area (Å²) in [5.41, 5.74) is 2.03. The van der Waals surface area contributed by atoms with Gasteiger partial charge in [0.25, 0.3) is 0 Å². The van der Waals surface area contributed by atoms with E-state index in [4.69, 9.17) is 11.6 Å². The predicted molar refractivity (Wildman–Crippen MR) is 74.1 cm³/mol. The molecule has 0 aromatic carbocycles. The molecule has 1 atom stereocenters. The molecule has 0 aliphatic carbocycles. The monoisotopic (exact) mass is 263 g/mol. The molecule has 3 nitrogen and oxygen atoms in total. The van der Waals surface area contributed by atoms with Crippen molar-refractivity contribution in [1.82, 2.24) is 14.3 Å². The van der Waals surface area contributed by atoms with Crippen molar-refractivity contribution in [2.75, 3.05) is 19.6 Å². The van der Waals surface area contributed by atoms with E-state index in [9.17, 15) is 0 Å². The van der Waals surface area contributed by atoms with E-state index < -0.39 is 0 Å². The summed E-state index contributed by atoms with van der Waals surface area (Å²) in [6.45, 7) is 5.83. The third-order valence-electron chi connectivity index (χ3n) is 3.80. The van der Waals surface area contributed by atoms with E-state index in [0.717, 1.165) is 35.2 Å². The molecule has 0 amide bonds. The summed E-state index contributed by atoms with van der Waals surface area (Å²) in [5.74, 6) is 0.744. The zero-order valence-electron chi connectivity index (χ0n) is 10.6. The highest BCUT2D eigenvalue weighted by molar-refractivity contribution is 6.33. The molecule has 0 N–H and O–H groups in total. The number of fused-ring (bicyclic) bond motifs is 1. The Morgan fingerprint density at radius 1 is 1.50 bits per heavy atom. The Kier molecular flexibility index (Phi) is 3.27. The van der Waals surface area contributed by atoms with E-state index >= 15 is 0 Å². The molecule has 0 spiro atoms. The van der Waals surface area contributed by atoms with E-state index in [1.165, 1.54) is 19.5 Å². The van der Waals surface area contributed by atoms with Gasteiger partial charge in [0.1, 0.15) is 0 Å². The van der Waals surface area contributed by atoms with Gasteiger partial charge in [-0.2, -0.15) is 0 Å². The molecule has 1 aliphatic heterocycles. The maximum Gasteiger partial charge on any atom is 0.155 e. The van der Waals surface area contributed by atoms with Crippen molar-refractivity contribution in [3.05, 3.63) is 35.2 Å². The molecule has 1 unspecified atom stereocenters. The minimum absolute atomic E-state index is 0.727. The highest BCUT2D eigenvalue weighted by Crippen LogP contribution is 2.22. The van der Waals surface area contributed by atoms with Gasteiger partial charge in [0.05, 0.1) is 10.7 Å². The van der Waals surface area contributed by atoms with E-state index in [1.807, 2.05) is 22.7 Å². The van der Waals surface area contributed by atoms with Crippen molar-refractivity contribution in [1.29, 1.82) is 0 Å². The van der Waals surface area contributed by atoms with Crippen LogP contribution in [0.25, 0.3) is 5.65 Å². The number of pyridine rings is 1. The van der Waals surface area contributed by atoms with Crippen molar-refractivity contribution >= 4 is 17.2 Å². The predicted octanol–water partition coefficient (Wildman–Crippen LogP) is 2.87. The molecule has 0 radical (unpaired) electrons. The second-order valence-corrected chi connectivity index (χ2v) is 5.48. The van der Waals surface area contributed by atoms with Crippen molar-refractivity contribution in [2.24, 2.45) is 5.92 Å². The van der Waals surface area contributed by atoms with E-state index in [2.05, 4.69) is 23.0 Å². The Morgan fingerprint density at radius 2 is 2.39 bits per heavy atom. The van der Waals surface area contributed by atoms with Gasteiger partial charge in [0.2, 0.25) is 0 Å². The van der Waals surface area contributed by atoms with Gasteiger partial charge in [0.15, 0.2) is 5.65 Å². The third kappa shape index (κ3) is 2.25. The fraction of sp³-hybridized carbons (Fsp3) is 0.500. The third-order valence-corrected chi connectivity index (χ3v) is 4.10. The number of hydrogen-bond acceptors (Lipinski definition) is 2. The summed E-state index contributed by atoms with van der Waals surface area (Å²) in [4.78, 5) is 7.15. The van der Waals surface area contributed by atoms with Gasteiger partial charge in [-0.1, -0.05) is 18.5 Å². The van der Waals surface area contributed by atoms with Gasteiger partial charge < -0.3 is 9.30 Å². The lowest BCUT2D eigenvalue weighted by Gasteiger charge is -2.11. The van der Waals surface area contributed by atoms with Crippen molar-refractivity contribution in [2.45, 2.75) is 19.8 Å². The number of aromatic nitrogens is 2. The van der Waals surface area contributed by atoms with E-state index in [-0.39, 0.29) is 0 Å². The van der Waals surface area contributed by atoms with Crippen LogP contribution in [0.3, 0.4) is 0 Å². The van der Waals surface area contributed by atoms with Gasteiger partial charge in [-0.25, -0.2) is 4.98 Å². The largest absolute Gasteiger partial charge is 0.306 e. The van der Waals surface area contributed by atoms with Crippen molar-refractivity contribution < 1.29 is 0 Å². The number of nitrogens with zero attached hydrogens (tertiary/aromatic N) is 3. The van der Waals surface area contributed by atoms with Crippen LogP contribution in [0.5, 0.6) is 0 Å². The first-order chi connectivity index (χ1) is 8.76. The van der Waals surface area contributed by atoms with Crippen LogP contribution in [-0.2, 0) is 6.42 Å². The fourth-order valence-electron chi connectivity index (χ4n) is 2.79. The average Bonchev–Trinajstić information content (AvgIpc) is 2.96. The molecule has 1 fully saturated rings. The molecule has 18 heavy (non-hydrogen) atoms. The van der Waals surface area contributed by atoms with Gasteiger partial charge in [0, 0.05) is 18.9 Å². The van der Waals surface area contributed by atoms with Crippen LogP contribution in [0.2, 0.25) is 5.02 Å². The summed E-state index contributed by atoms with van der Waals surface area (Å²) in [5, 5.41) is 0.727. The highest BCUT2D eigenvalue weighted by atomic mass is 35.5. The molecule has 3 heterocycles. The Labute approximate surface area is 112 Å². The molecule has 4 heteroatoms. The summed E-state index contributed by atoms with van der Waals surface area (Å²) in [6.07, 6.45) is 6.46. The normalized spacial score (nSPS) is 20.9. The van der Waals surface area contributed by atoms with Crippen LogP contribution in [0, 0.1) is 5.92 Å². The Balaban J connectivity index is 1.77. The van der Waals surface area contributed by atoms with Crippen molar-refractivity contribution in [3.63, 3.8) is 0 Å². The van der Waals surface area contributed by atoms with Gasteiger partial charge in [-0.3, -0.25) is 0 Å². The number of likely N-dealkylation sites (tertiary alicyclic amines) is 1. The van der Waals surface area contributed by atoms with E-state index in [0.29, 0.717) is 0 Å². The molecular formula is C14H18ClN3. The molecule has 1 saturated heterocycles.